The molecule has 1 atom stereocenters. The second-order valence-corrected chi connectivity index (χ2v) is 7.30. The highest BCUT2D eigenvalue weighted by molar-refractivity contribution is 5.99. The van der Waals surface area contributed by atoms with E-state index in [0.29, 0.717) is 18.8 Å². The van der Waals surface area contributed by atoms with Crippen molar-refractivity contribution >= 4 is 22.7 Å². The first-order valence-electron chi connectivity index (χ1n) is 9.70. The minimum atomic E-state index is -0.462. The van der Waals surface area contributed by atoms with Gasteiger partial charge in [0.15, 0.2) is 0 Å². The number of carbonyl (C=O) groups excluding carboxylic acids is 1. The van der Waals surface area contributed by atoms with Crippen LogP contribution in [0.15, 0.2) is 54.7 Å². The molecule has 29 heavy (non-hydrogen) atoms. The SMILES string of the molecule is C#CCN(C)Cc1ccc(NC(=O)O[C@H]2CCc3ccccc32)c2ncccc12. The zero-order valence-corrected chi connectivity index (χ0v) is 16.4. The Labute approximate surface area is 170 Å². The number of fused-ring (bicyclic) bond motifs is 2. The number of carbonyl (C=O) groups is 1. The van der Waals surface area contributed by atoms with Crippen molar-refractivity contribution in [3.8, 4) is 12.3 Å². The fraction of sp³-hybridized carbons (Fsp3) is 0.250. The molecule has 0 spiro atoms. The van der Waals surface area contributed by atoms with Crippen LogP contribution in [0.3, 0.4) is 0 Å². The van der Waals surface area contributed by atoms with Crippen LogP contribution in [0.4, 0.5) is 10.5 Å². The van der Waals surface area contributed by atoms with Crippen molar-refractivity contribution in [1.29, 1.82) is 0 Å². The third kappa shape index (κ3) is 4.08. The number of benzene rings is 2. The number of rotatable bonds is 5. The highest BCUT2D eigenvalue weighted by Gasteiger charge is 2.25. The first kappa shape index (κ1) is 19.0. The van der Waals surface area contributed by atoms with Crippen LogP contribution in [0.1, 0.15) is 29.2 Å². The number of pyridine rings is 1. The van der Waals surface area contributed by atoms with E-state index >= 15 is 0 Å². The zero-order chi connectivity index (χ0) is 20.2. The summed E-state index contributed by atoms with van der Waals surface area (Å²) in [5.41, 5.74) is 4.83. The van der Waals surface area contributed by atoms with E-state index in [1.54, 1.807) is 6.20 Å². The number of aromatic nitrogens is 1. The van der Waals surface area contributed by atoms with Crippen LogP contribution in [0.25, 0.3) is 10.9 Å². The fourth-order valence-electron chi connectivity index (χ4n) is 3.88. The molecule has 0 aliphatic heterocycles. The van der Waals surface area contributed by atoms with E-state index in [1.165, 1.54) is 5.56 Å². The fourth-order valence-corrected chi connectivity index (χ4v) is 3.88. The normalized spacial score (nSPS) is 15.1. The van der Waals surface area contributed by atoms with Crippen LogP contribution >= 0.6 is 0 Å². The van der Waals surface area contributed by atoms with E-state index < -0.39 is 6.09 Å². The lowest BCUT2D eigenvalue weighted by molar-refractivity contribution is 0.112. The number of anilines is 1. The smallest absolute Gasteiger partial charge is 0.412 e. The Morgan fingerprint density at radius 3 is 3.00 bits per heavy atom. The summed E-state index contributed by atoms with van der Waals surface area (Å²) in [6.07, 6.45) is 8.20. The molecule has 0 fully saturated rings. The standard InChI is InChI=1S/C24H23N3O2/c1-3-15-27(2)16-18-10-12-21(23-20(18)9-6-14-25-23)26-24(28)29-22-13-11-17-7-4-5-8-19(17)22/h1,4-10,12,14,22H,11,13,15-16H2,2H3,(H,26,28)/t22-/m0/s1. The predicted octanol–water partition coefficient (Wildman–Crippen LogP) is 4.54. The largest absolute Gasteiger partial charge is 0.441 e. The van der Waals surface area contributed by atoms with Gasteiger partial charge >= 0.3 is 6.09 Å². The van der Waals surface area contributed by atoms with E-state index in [1.807, 2.05) is 49.5 Å². The maximum atomic E-state index is 12.6. The molecule has 1 amide bonds. The summed E-state index contributed by atoms with van der Waals surface area (Å²) in [7, 11) is 1.98. The van der Waals surface area contributed by atoms with Gasteiger partial charge in [-0.3, -0.25) is 15.2 Å². The number of nitrogens with zero attached hydrogens (tertiary/aromatic N) is 2. The second kappa shape index (κ2) is 8.34. The number of hydrogen-bond donors (Lipinski definition) is 1. The van der Waals surface area contributed by atoms with Crippen LogP contribution in [-0.4, -0.2) is 29.6 Å². The van der Waals surface area contributed by atoms with E-state index in [9.17, 15) is 4.79 Å². The Morgan fingerprint density at radius 1 is 1.28 bits per heavy atom. The van der Waals surface area contributed by atoms with Gasteiger partial charge in [0.1, 0.15) is 6.10 Å². The molecule has 0 bridgehead atoms. The van der Waals surface area contributed by atoms with Crippen molar-refractivity contribution in [1.82, 2.24) is 9.88 Å². The Hall–Kier alpha value is -3.36. The van der Waals surface area contributed by atoms with E-state index in [4.69, 9.17) is 11.2 Å². The van der Waals surface area contributed by atoms with Gasteiger partial charge in [0.05, 0.1) is 17.7 Å². The molecular weight excluding hydrogens is 362 g/mol. The number of nitrogens with one attached hydrogen (secondary N) is 1. The molecule has 4 rings (SSSR count). The van der Waals surface area contributed by atoms with Gasteiger partial charge in [-0.25, -0.2) is 4.79 Å². The number of ether oxygens (including phenoxy) is 1. The first-order valence-corrected chi connectivity index (χ1v) is 9.70. The van der Waals surface area contributed by atoms with Crippen molar-refractivity contribution in [2.45, 2.75) is 25.5 Å². The summed E-state index contributed by atoms with van der Waals surface area (Å²) in [4.78, 5) is 19.1. The third-order valence-corrected chi connectivity index (χ3v) is 5.23. The lowest BCUT2D eigenvalue weighted by atomic mass is 10.1. The molecule has 5 heteroatoms. The Balaban J connectivity index is 1.53. The van der Waals surface area contributed by atoms with Crippen LogP contribution in [-0.2, 0) is 17.7 Å². The molecule has 146 valence electrons. The zero-order valence-electron chi connectivity index (χ0n) is 16.4. The average molecular weight is 385 g/mol. The summed E-state index contributed by atoms with van der Waals surface area (Å²) in [5, 5.41) is 3.87. The van der Waals surface area contributed by atoms with Crippen molar-refractivity contribution in [3.63, 3.8) is 0 Å². The summed E-state index contributed by atoms with van der Waals surface area (Å²) in [6, 6.07) is 15.9. The van der Waals surface area contributed by atoms with Crippen LogP contribution in [0, 0.1) is 12.3 Å². The van der Waals surface area contributed by atoms with Gasteiger partial charge in [-0.2, -0.15) is 0 Å². The second-order valence-electron chi connectivity index (χ2n) is 7.30. The summed E-state index contributed by atoms with van der Waals surface area (Å²) in [6.45, 7) is 1.27. The van der Waals surface area contributed by atoms with Gasteiger partial charge in [0, 0.05) is 18.1 Å². The van der Waals surface area contributed by atoms with Crippen molar-refractivity contribution in [2.24, 2.45) is 0 Å². The van der Waals surface area contributed by atoms with E-state index in [0.717, 1.165) is 34.9 Å². The van der Waals surface area contributed by atoms with Gasteiger partial charge in [-0.05, 0) is 48.7 Å². The topological polar surface area (TPSA) is 54.5 Å². The summed E-state index contributed by atoms with van der Waals surface area (Å²) in [5.74, 6) is 2.65. The van der Waals surface area contributed by atoms with Crippen LogP contribution < -0.4 is 5.32 Å². The highest BCUT2D eigenvalue weighted by atomic mass is 16.6. The number of amides is 1. The van der Waals surface area contributed by atoms with Gasteiger partial charge in [0.25, 0.3) is 0 Å². The highest BCUT2D eigenvalue weighted by Crippen LogP contribution is 2.34. The quantitative estimate of drug-likeness (QED) is 0.656. The minimum Gasteiger partial charge on any atom is -0.441 e. The molecule has 1 N–H and O–H groups in total. The molecule has 2 aromatic carbocycles. The Bertz CT molecular complexity index is 1090. The first-order chi connectivity index (χ1) is 14.2. The predicted molar refractivity (Wildman–Crippen MR) is 115 cm³/mol. The number of hydrogen-bond acceptors (Lipinski definition) is 4. The van der Waals surface area contributed by atoms with Gasteiger partial charge in [-0.1, -0.05) is 42.3 Å². The molecule has 1 aliphatic carbocycles. The van der Waals surface area contributed by atoms with E-state index in [2.05, 4.69) is 27.2 Å². The lowest BCUT2D eigenvalue weighted by Gasteiger charge is -2.17. The number of aryl methyl sites for hydroxylation is 1. The lowest BCUT2D eigenvalue weighted by Crippen LogP contribution is -2.19. The summed E-state index contributed by atoms with van der Waals surface area (Å²) < 4.78 is 5.71. The maximum absolute atomic E-state index is 12.6. The third-order valence-electron chi connectivity index (χ3n) is 5.23. The van der Waals surface area contributed by atoms with Gasteiger partial charge < -0.3 is 4.74 Å². The molecule has 5 nitrogen and oxygen atoms in total. The molecular formula is C24H23N3O2. The Kier molecular flexibility index (Phi) is 5.46. The monoisotopic (exact) mass is 385 g/mol. The number of terminal acetylenes is 1. The molecule has 1 aromatic heterocycles. The molecule has 3 aromatic rings. The Morgan fingerprint density at radius 2 is 2.14 bits per heavy atom. The summed E-state index contributed by atoms with van der Waals surface area (Å²) >= 11 is 0. The van der Waals surface area contributed by atoms with Crippen LogP contribution in [0.2, 0.25) is 0 Å². The molecule has 0 radical (unpaired) electrons. The molecule has 0 saturated heterocycles. The van der Waals surface area contributed by atoms with Crippen molar-refractivity contribution < 1.29 is 9.53 Å². The average Bonchev–Trinajstić information content (AvgIpc) is 3.13. The molecule has 0 saturated carbocycles. The minimum absolute atomic E-state index is 0.206. The molecule has 1 heterocycles. The van der Waals surface area contributed by atoms with Gasteiger partial charge in [0.2, 0.25) is 0 Å². The molecule has 1 aliphatic rings. The maximum Gasteiger partial charge on any atom is 0.412 e. The van der Waals surface area contributed by atoms with Gasteiger partial charge in [-0.15, -0.1) is 6.42 Å². The van der Waals surface area contributed by atoms with Crippen molar-refractivity contribution in [2.75, 3.05) is 18.9 Å². The van der Waals surface area contributed by atoms with Crippen molar-refractivity contribution in [3.05, 3.63) is 71.4 Å². The van der Waals surface area contributed by atoms with Crippen LogP contribution in [0.5, 0.6) is 0 Å². The molecule has 0 unspecified atom stereocenters. The van der Waals surface area contributed by atoms with E-state index in [-0.39, 0.29) is 6.10 Å².